The molecule has 0 fully saturated rings. The normalized spacial score (nSPS) is 17.1. The van der Waals surface area contributed by atoms with Crippen LogP contribution in [-0.4, -0.2) is 38.5 Å². The van der Waals surface area contributed by atoms with E-state index in [2.05, 4.69) is 28.4 Å². The van der Waals surface area contributed by atoms with Gasteiger partial charge in [0.25, 0.3) is 5.91 Å². The Kier molecular flexibility index (Phi) is 3.67. The van der Waals surface area contributed by atoms with E-state index in [1.807, 2.05) is 10.3 Å². The van der Waals surface area contributed by atoms with Gasteiger partial charge in [-0.2, -0.15) is 9.47 Å². The number of ether oxygens (including phenoxy) is 1. The average molecular weight is 306 g/mol. The van der Waals surface area contributed by atoms with Gasteiger partial charge in [-0.15, -0.1) is 0 Å². The van der Waals surface area contributed by atoms with Crippen molar-refractivity contribution in [1.82, 2.24) is 19.5 Å². The first-order chi connectivity index (χ1) is 10.0. The van der Waals surface area contributed by atoms with E-state index in [9.17, 15) is 4.79 Å². The van der Waals surface area contributed by atoms with Crippen LogP contribution in [-0.2, 0) is 17.8 Å². The molecule has 0 spiro atoms. The summed E-state index contributed by atoms with van der Waals surface area (Å²) in [5.41, 5.74) is 2.21. The van der Waals surface area contributed by atoms with Gasteiger partial charge in [-0.05, 0) is 23.4 Å². The molecule has 2 aromatic rings. The van der Waals surface area contributed by atoms with E-state index >= 15 is 0 Å². The molecule has 1 aliphatic rings. The van der Waals surface area contributed by atoms with E-state index in [0.717, 1.165) is 17.7 Å². The van der Waals surface area contributed by atoms with Crippen LogP contribution in [0.1, 0.15) is 25.1 Å². The largest absolute Gasteiger partial charge is 0.467 e. The maximum Gasteiger partial charge on any atom is 0.260 e. The van der Waals surface area contributed by atoms with E-state index < -0.39 is 0 Å². The molecule has 0 aromatic carbocycles. The van der Waals surface area contributed by atoms with Crippen LogP contribution >= 0.6 is 11.5 Å². The number of aromatic nitrogens is 3. The van der Waals surface area contributed by atoms with E-state index in [-0.39, 0.29) is 17.9 Å². The van der Waals surface area contributed by atoms with Crippen molar-refractivity contribution in [3.8, 4) is 5.88 Å². The third-order valence-corrected chi connectivity index (χ3v) is 4.10. The van der Waals surface area contributed by atoms with Gasteiger partial charge in [-0.3, -0.25) is 9.89 Å². The third-order valence-electron chi connectivity index (χ3n) is 3.55. The van der Waals surface area contributed by atoms with Crippen LogP contribution in [0.3, 0.4) is 0 Å². The Morgan fingerprint density at radius 3 is 3.19 bits per heavy atom. The smallest absolute Gasteiger partial charge is 0.260 e. The van der Waals surface area contributed by atoms with Crippen LogP contribution in [0.5, 0.6) is 5.88 Å². The number of hydrogen-bond donors (Lipinski definition) is 1. The van der Waals surface area contributed by atoms with E-state index in [4.69, 9.17) is 4.74 Å². The molecule has 0 atom stereocenters. The van der Waals surface area contributed by atoms with E-state index in [0.29, 0.717) is 19.0 Å². The lowest BCUT2D eigenvalue weighted by atomic mass is 9.88. The van der Waals surface area contributed by atoms with Gasteiger partial charge >= 0.3 is 0 Å². The molecule has 3 rings (SSSR count). The zero-order valence-corrected chi connectivity index (χ0v) is 12.9. The summed E-state index contributed by atoms with van der Waals surface area (Å²) in [4.78, 5) is 14.3. The Morgan fingerprint density at radius 2 is 2.43 bits per heavy atom. The van der Waals surface area contributed by atoms with Crippen LogP contribution in [0.4, 0.5) is 0 Å². The summed E-state index contributed by atoms with van der Waals surface area (Å²) < 4.78 is 9.47. The number of fused-ring (bicyclic) bond motifs is 1. The highest BCUT2D eigenvalue weighted by molar-refractivity contribution is 7.03. The van der Waals surface area contributed by atoms with Gasteiger partial charge in [-0.1, -0.05) is 13.8 Å². The lowest BCUT2D eigenvalue weighted by Gasteiger charge is -2.29. The highest BCUT2D eigenvalue weighted by Crippen LogP contribution is 2.29. The number of rotatable bonds is 3. The molecule has 21 heavy (non-hydrogen) atoms. The Balaban J connectivity index is 1.70. The number of carbonyl (C=O) groups excluding carboxylic acids is 1. The zero-order valence-electron chi connectivity index (χ0n) is 12.1. The molecule has 0 saturated carbocycles. The number of nitrogens with zero attached hydrogens (tertiary/aromatic N) is 3. The lowest BCUT2D eigenvalue weighted by molar-refractivity contribution is -0.135. The number of nitrogens with one attached hydrogen (secondary N) is 1. The van der Waals surface area contributed by atoms with Gasteiger partial charge in [0.2, 0.25) is 5.88 Å². The van der Waals surface area contributed by atoms with Crippen molar-refractivity contribution in [2.24, 2.45) is 5.41 Å². The molecule has 0 unspecified atom stereocenters. The molecule has 112 valence electrons. The molecule has 0 radical (unpaired) electrons. The van der Waals surface area contributed by atoms with Crippen molar-refractivity contribution in [2.45, 2.75) is 26.8 Å². The first-order valence-electron chi connectivity index (χ1n) is 6.86. The number of carbonyl (C=O) groups is 1. The Hall–Kier alpha value is -1.89. The van der Waals surface area contributed by atoms with Crippen LogP contribution in [0.2, 0.25) is 0 Å². The Bertz CT molecular complexity index is 621. The van der Waals surface area contributed by atoms with Crippen molar-refractivity contribution in [2.75, 3.05) is 13.2 Å². The molecule has 0 bridgehead atoms. The first kappa shape index (κ1) is 14.1. The van der Waals surface area contributed by atoms with Crippen molar-refractivity contribution < 1.29 is 9.53 Å². The molecule has 1 amide bonds. The minimum atomic E-state index is -0.0230. The topological polar surface area (TPSA) is 71.1 Å². The lowest BCUT2D eigenvalue weighted by Crippen LogP contribution is -2.40. The Morgan fingerprint density at radius 1 is 1.57 bits per heavy atom. The quantitative estimate of drug-likeness (QED) is 0.939. The maximum atomic E-state index is 12.4. The standard InChI is InChI=1S/C14H18N4O2S/c1-14(2)5-11-10(6-15-16-11)7-18(9-14)13(19)8-20-12-3-4-21-17-12/h3-4,6H,5,7-9H2,1-2H3,(H,15,16). The second kappa shape index (κ2) is 5.48. The molecular weight excluding hydrogens is 288 g/mol. The Labute approximate surface area is 127 Å². The van der Waals surface area contributed by atoms with Crippen molar-refractivity contribution in [3.63, 3.8) is 0 Å². The minimum absolute atomic E-state index is 0.00801. The number of aromatic amines is 1. The van der Waals surface area contributed by atoms with Gasteiger partial charge in [0, 0.05) is 35.8 Å². The fraction of sp³-hybridized carbons (Fsp3) is 0.500. The predicted octanol–water partition coefficient (Wildman–Crippen LogP) is 1.86. The average Bonchev–Trinajstić information content (AvgIpc) is 3.05. The summed E-state index contributed by atoms with van der Waals surface area (Å²) in [6.45, 7) is 5.62. The van der Waals surface area contributed by atoms with Gasteiger partial charge in [-0.25, -0.2) is 0 Å². The molecule has 1 N–H and O–H groups in total. The SMILES string of the molecule is CC1(C)Cc2[nH]ncc2CN(C(=O)COc2ccsn2)C1. The second-order valence-electron chi connectivity index (χ2n) is 6.09. The zero-order chi connectivity index (χ0) is 14.9. The van der Waals surface area contributed by atoms with Crippen LogP contribution in [0.15, 0.2) is 17.6 Å². The third kappa shape index (κ3) is 3.24. The molecule has 0 aliphatic carbocycles. The van der Waals surface area contributed by atoms with Gasteiger partial charge in [0.1, 0.15) is 0 Å². The van der Waals surface area contributed by atoms with Crippen molar-refractivity contribution in [1.29, 1.82) is 0 Å². The molecule has 7 heteroatoms. The summed E-state index contributed by atoms with van der Waals surface area (Å²) in [5.74, 6) is 0.483. The molecule has 3 heterocycles. The molecular formula is C14H18N4O2S. The molecule has 2 aromatic heterocycles. The van der Waals surface area contributed by atoms with Crippen molar-refractivity contribution in [3.05, 3.63) is 28.9 Å². The highest BCUT2D eigenvalue weighted by Gasteiger charge is 2.31. The van der Waals surface area contributed by atoms with Crippen LogP contribution < -0.4 is 4.74 Å². The number of H-pyrrole nitrogens is 1. The van der Waals surface area contributed by atoms with Crippen LogP contribution in [0, 0.1) is 5.41 Å². The number of hydrogen-bond acceptors (Lipinski definition) is 5. The summed E-state index contributed by atoms with van der Waals surface area (Å²) in [7, 11) is 0. The van der Waals surface area contributed by atoms with Gasteiger partial charge in [0.15, 0.2) is 6.61 Å². The van der Waals surface area contributed by atoms with Gasteiger partial charge < -0.3 is 9.64 Å². The summed E-state index contributed by atoms with van der Waals surface area (Å²) in [6, 6.07) is 1.76. The van der Waals surface area contributed by atoms with E-state index in [1.54, 1.807) is 12.3 Å². The van der Waals surface area contributed by atoms with Crippen LogP contribution in [0.25, 0.3) is 0 Å². The summed E-state index contributed by atoms with van der Waals surface area (Å²) >= 11 is 1.31. The molecule has 0 saturated heterocycles. The fourth-order valence-electron chi connectivity index (χ4n) is 2.62. The van der Waals surface area contributed by atoms with Gasteiger partial charge in [0.05, 0.1) is 6.20 Å². The monoisotopic (exact) mass is 306 g/mol. The second-order valence-corrected chi connectivity index (χ2v) is 6.76. The fourth-order valence-corrected chi connectivity index (χ4v) is 3.07. The summed E-state index contributed by atoms with van der Waals surface area (Å²) in [6.07, 6.45) is 2.69. The predicted molar refractivity (Wildman–Crippen MR) is 79.1 cm³/mol. The number of amides is 1. The first-order valence-corrected chi connectivity index (χ1v) is 7.69. The van der Waals surface area contributed by atoms with Crippen molar-refractivity contribution >= 4 is 17.4 Å². The highest BCUT2D eigenvalue weighted by atomic mass is 32.1. The minimum Gasteiger partial charge on any atom is -0.467 e. The summed E-state index contributed by atoms with van der Waals surface area (Å²) in [5, 5.41) is 8.95. The maximum absolute atomic E-state index is 12.4. The van der Waals surface area contributed by atoms with E-state index in [1.165, 1.54) is 11.5 Å². The molecule has 1 aliphatic heterocycles. The molecule has 6 nitrogen and oxygen atoms in total.